The highest BCUT2D eigenvalue weighted by Crippen LogP contribution is 2.36. The summed E-state index contributed by atoms with van der Waals surface area (Å²) in [5.74, 6) is 0. The predicted molar refractivity (Wildman–Crippen MR) is 79.5 cm³/mol. The van der Waals surface area contributed by atoms with E-state index >= 15 is 0 Å². The van der Waals surface area contributed by atoms with Crippen molar-refractivity contribution >= 4 is 5.65 Å². The Labute approximate surface area is 119 Å². The summed E-state index contributed by atoms with van der Waals surface area (Å²) >= 11 is 0. The third-order valence-corrected chi connectivity index (χ3v) is 4.99. The van der Waals surface area contributed by atoms with E-state index in [9.17, 15) is 0 Å². The molecule has 2 aliphatic heterocycles. The predicted octanol–water partition coefficient (Wildman–Crippen LogP) is 2.10. The molecule has 0 amide bonds. The highest BCUT2D eigenvalue weighted by molar-refractivity contribution is 5.47. The Bertz CT molecular complexity index is 618. The van der Waals surface area contributed by atoms with Crippen LogP contribution in [0.5, 0.6) is 0 Å². The molecule has 2 atom stereocenters. The van der Waals surface area contributed by atoms with Crippen LogP contribution >= 0.6 is 0 Å². The summed E-state index contributed by atoms with van der Waals surface area (Å²) < 4.78 is 2.14. The second kappa shape index (κ2) is 4.57. The number of fused-ring (bicyclic) bond motifs is 3. The number of aryl methyl sites for hydroxylation is 1. The van der Waals surface area contributed by atoms with Crippen LogP contribution in [0.1, 0.15) is 36.9 Å². The molecule has 2 unspecified atom stereocenters. The number of imidazole rings is 1. The van der Waals surface area contributed by atoms with E-state index in [0.717, 1.165) is 25.0 Å². The quantitative estimate of drug-likeness (QED) is 0.909. The molecule has 2 saturated heterocycles. The maximum Gasteiger partial charge on any atom is 0.139 e. The molecule has 2 aliphatic rings. The van der Waals surface area contributed by atoms with Crippen LogP contribution in [0.4, 0.5) is 0 Å². The van der Waals surface area contributed by atoms with Crippen molar-refractivity contribution in [1.29, 1.82) is 0 Å². The van der Waals surface area contributed by atoms with Gasteiger partial charge in [0.1, 0.15) is 5.65 Å². The van der Waals surface area contributed by atoms with Crippen molar-refractivity contribution in [1.82, 2.24) is 14.3 Å². The maximum atomic E-state index is 6.15. The molecular weight excluding hydrogens is 248 g/mol. The molecule has 2 bridgehead atoms. The lowest BCUT2D eigenvalue weighted by atomic mass is 9.98. The zero-order valence-corrected chi connectivity index (χ0v) is 12.0. The first-order valence-corrected chi connectivity index (χ1v) is 7.65. The molecule has 4 nitrogen and oxygen atoms in total. The zero-order chi connectivity index (χ0) is 13.7. The van der Waals surface area contributed by atoms with Crippen molar-refractivity contribution in [3.8, 4) is 0 Å². The molecule has 4 rings (SSSR count). The van der Waals surface area contributed by atoms with Crippen molar-refractivity contribution in [3.05, 3.63) is 35.8 Å². The van der Waals surface area contributed by atoms with E-state index in [1.165, 1.54) is 24.1 Å². The fourth-order valence-electron chi connectivity index (χ4n) is 4.04. The first-order valence-electron chi connectivity index (χ1n) is 7.65. The van der Waals surface area contributed by atoms with E-state index in [0.29, 0.717) is 18.1 Å². The molecule has 0 aromatic carbocycles. The van der Waals surface area contributed by atoms with Crippen LogP contribution in [0.15, 0.2) is 24.5 Å². The van der Waals surface area contributed by atoms with Gasteiger partial charge in [0.2, 0.25) is 0 Å². The second-order valence-electron chi connectivity index (χ2n) is 6.44. The van der Waals surface area contributed by atoms with Gasteiger partial charge in [-0.25, -0.2) is 4.98 Å². The molecule has 0 aliphatic carbocycles. The van der Waals surface area contributed by atoms with Crippen LogP contribution in [-0.4, -0.2) is 32.4 Å². The molecule has 4 heteroatoms. The molecule has 4 heterocycles. The fraction of sp³-hybridized carbons (Fsp3) is 0.562. The van der Waals surface area contributed by atoms with E-state index < -0.39 is 0 Å². The summed E-state index contributed by atoms with van der Waals surface area (Å²) in [4.78, 5) is 7.45. The van der Waals surface area contributed by atoms with Crippen molar-refractivity contribution in [2.24, 2.45) is 5.73 Å². The molecule has 0 saturated carbocycles. The summed E-state index contributed by atoms with van der Waals surface area (Å²) in [6, 6.07) is 5.96. The molecule has 0 radical (unpaired) electrons. The maximum absolute atomic E-state index is 6.15. The van der Waals surface area contributed by atoms with Gasteiger partial charge in [0, 0.05) is 37.1 Å². The lowest BCUT2D eigenvalue weighted by Gasteiger charge is -2.37. The minimum atomic E-state index is 0.409. The Morgan fingerprint density at radius 2 is 2.05 bits per heavy atom. The largest absolute Gasteiger partial charge is 0.328 e. The number of hydrogen-bond acceptors (Lipinski definition) is 3. The highest BCUT2D eigenvalue weighted by atomic mass is 15.2. The summed E-state index contributed by atoms with van der Waals surface area (Å²) in [6.07, 6.45) is 9.19. The van der Waals surface area contributed by atoms with Crippen LogP contribution in [0.3, 0.4) is 0 Å². The Morgan fingerprint density at radius 3 is 2.75 bits per heavy atom. The van der Waals surface area contributed by atoms with Gasteiger partial charge in [-0.3, -0.25) is 4.90 Å². The van der Waals surface area contributed by atoms with Gasteiger partial charge in [-0.05, 0) is 44.2 Å². The normalized spacial score (nSPS) is 30.2. The van der Waals surface area contributed by atoms with Crippen LogP contribution in [0.25, 0.3) is 5.65 Å². The fourth-order valence-corrected chi connectivity index (χ4v) is 4.04. The number of nitrogens with two attached hydrogens (primary N) is 1. The van der Waals surface area contributed by atoms with Crippen LogP contribution < -0.4 is 5.73 Å². The van der Waals surface area contributed by atoms with Crippen molar-refractivity contribution in [2.75, 3.05) is 0 Å². The van der Waals surface area contributed by atoms with Gasteiger partial charge in [0.05, 0.1) is 5.69 Å². The van der Waals surface area contributed by atoms with Gasteiger partial charge in [0.25, 0.3) is 0 Å². The van der Waals surface area contributed by atoms with E-state index in [2.05, 4.69) is 40.8 Å². The van der Waals surface area contributed by atoms with E-state index in [1.54, 1.807) is 0 Å². The summed E-state index contributed by atoms with van der Waals surface area (Å²) in [7, 11) is 0. The summed E-state index contributed by atoms with van der Waals surface area (Å²) in [5.41, 5.74) is 9.66. The third-order valence-electron chi connectivity index (χ3n) is 4.99. The monoisotopic (exact) mass is 270 g/mol. The number of pyridine rings is 1. The Balaban J connectivity index is 1.60. The first kappa shape index (κ1) is 12.4. The van der Waals surface area contributed by atoms with E-state index in [-0.39, 0.29) is 0 Å². The van der Waals surface area contributed by atoms with Crippen molar-refractivity contribution in [3.63, 3.8) is 0 Å². The SMILES string of the molecule is Cc1cccn2cc(CN3C4CCC3CC(N)C4)nc12. The van der Waals surface area contributed by atoms with Crippen LogP contribution in [-0.2, 0) is 6.54 Å². The van der Waals surface area contributed by atoms with E-state index in [1.807, 2.05) is 0 Å². The van der Waals surface area contributed by atoms with Crippen LogP contribution in [0, 0.1) is 6.92 Å². The van der Waals surface area contributed by atoms with Gasteiger partial charge in [-0.1, -0.05) is 6.07 Å². The summed E-state index contributed by atoms with van der Waals surface area (Å²) in [6.45, 7) is 3.10. The molecular formula is C16H22N4. The van der Waals surface area contributed by atoms with E-state index in [4.69, 9.17) is 10.7 Å². The van der Waals surface area contributed by atoms with Crippen LogP contribution in [0.2, 0.25) is 0 Å². The summed E-state index contributed by atoms with van der Waals surface area (Å²) in [5, 5.41) is 0. The molecule has 2 aromatic rings. The van der Waals surface area contributed by atoms with Crippen molar-refractivity contribution < 1.29 is 0 Å². The molecule has 2 aromatic heterocycles. The smallest absolute Gasteiger partial charge is 0.139 e. The lowest BCUT2D eigenvalue weighted by molar-refractivity contribution is 0.118. The van der Waals surface area contributed by atoms with Gasteiger partial charge in [0.15, 0.2) is 0 Å². The van der Waals surface area contributed by atoms with Gasteiger partial charge in [-0.2, -0.15) is 0 Å². The average molecular weight is 270 g/mol. The molecule has 0 spiro atoms. The second-order valence-corrected chi connectivity index (χ2v) is 6.44. The molecule has 2 N–H and O–H groups in total. The number of rotatable bonds is 2. The standard InChI is InChI=1S/C16H22N4/c1-11-3-2-6-19-9-13(18-16(11)19)10-20-14-4-5-15(20)8-12(17)7-14/h2-3,6,9,12,14-15H,4-5,7-8,10,17H2,1H3. The average Bonchev–Trinajstić information content (AvgIpc) is 2.92. The number of piperidine rings is 1. The van der Waals surface area contributed by atoms with Crippen molar-refractivity contribution in [2.45, 2.75) is 57.3 Å². The minimum Gasteiger partial charge on any atom is -0.328 e. The Hall–Kier alpha value is -1.39. The van der Waals surface area contributed by atoms with Gasteiger partial charge in [-0.15, -0.1) is 0 Å². The lowest BCUT2D eigenvalue weighted by Crippen LogP contribution is -2.46. The first-order chi connectivity index (χ1) is 9.70. The van der Waals surface area contributed by atoms with Gasteiger partial charge < -0.3 is 10.1 Å². The Kier molecular flexibility index (Phi) is 2.82. The molecule has 2 fully saturated rings. The molecule has 106 valence electrons. The zero-order valence-electron chi connectivity index (χ0n) is 12.0. The third kappa shape index (κ3) is 1.95. The number of hydrogen-bond donors (Lipinski definition) is 1. The minimum absolute atomic E-state index is 0.409. The van der Waals surface area contributed by atoms with Gasteiger partial charge >= 0.3 is 0 Å². The number of aromatic nitrogens is 2. The number of nitrogens with zero attached hydrogens (tertiary/aromatic N) is 3. The molecule has 20 heavy (non-hydrogen) atoms. The Morgan fingerprint density at radius 1 is 1.30 bits per heavy atom. The highest BCUT2D eigenvalue weighted by Gasteiger charge is 2.39. The topological polar surface area (TPSA) is 46.6 Å².